The lowest BCUT2D eigenvalue weighted by Gasteiger charge is -2.13. The maximum Gasteiger partial charge on any atom is 0.275 e. The third kappa shape index (κ3) is 4.42. The van der Waals surface area contributed by atoms with Gasteiger partial charge < -0.3 is 10.6 Å². The van der Waals surface area contributed by atoms with Crippen molar-refractivity contribution < 1.29 is 4.79 Å². The van der Waals surface area contributed by atoms with Gasteiger partial charge >= 0.3 is 0 Å². The quantitative estimate of drug-likeness (QED) is 0.708. The third-order valence-electron chi connectivity index (χ3n) is 3.89. The maximum atomic E-state index is 12.4. The second-order valence-corrected chi connectivity index (χ2v) is 6.16. The van der Waals surface area contributed by atoms with E-state index in [2.05, 4.69) is 39.4 Å². The topological polar surface area (TPSA) is 79.8 Å². The summed E-state index contributed by atoms with van der Waals surface area (Å²) >= 11 is 0. The number of nitrogens with one attached hydrogen (secondary N) is 2. The highest BCUT2D eigenvalue weighted by Gasteiger charge is 2.12. The van der Waals surface area contributed by atoms with Crippen molar-refractivity contribution in [1.82, 2.24) is 15.0 Å². The summed E-state index contributed by atoms with van der Waals surface area (Å²) < 4.78 is 0. The summed E-state index contributed by atoms with van der Waals surface area (Å²) in [6.07, 6.45) is 4.76. The average molecular weight is 347 g/mol. The molecule has 3 rings (SSSR count). The van der Waals surface area contributed by atoms with Gasteiger partial charge in [-0.3, -0.25) is 9.78 Å². The Kier molecular flexibility index (Phi) is 5.53. The van der Waals surface area contributed by atoms with E-state index < -0.39 is 0 Å². The van der Waals surface area contributed by atoms with Crippen molar-refractivity contribution in [3.05, 3.63) is 78.0 Å². The van der Waals surface area contributed by atoms with E-state index in [0.717, 1.165) is 16.9 Å². The number of nitrogens with zero attached hydrogens (tertiary/aromatic N) is 3. The van der Waals surface area contributed by atoms with E-state index in [1.54, 1.807) is 12.4 Å². The number of hydrogen-bond donors (Lipinski definition) is 2. The number of carbonyl (C=O) groups excluding carboxylic acids is 1. The van der Waals surface area contributed by atoms with Crippen molar-refractivity contribution >= 4 is 17.4 Å². The second-order valence-electron chi connectivity index (χ2n) is 6.16. The highest BCUT2D eigenvalue weighted by Crippen LogP contribution is 2.24. The number of hydrogen-bond acceptors (Lipinski definition) is 5. The molecule has 3 aromatic rings. The van der Waals surface area contributed by atoms with E-state index in [4.69, 9.17) is 0 Å². The molecule has 0 atom stereocenters. The summed E-state index contributed by atoms with van der Waals surface area (Å²) in [5.41, 5.74) is 3.06. The van der Waals surface area contributed by atoms with Crippen molar-refractivity contribution in [2.75, 3.05) is 10.6 Å². The molecule has 2 aromatic heterocycles. The number of para-hydroxylation sites is 1. The number of pyridine rings is 1. The first kappa shape index (κ1) is 17.5. The summed E-state index contributed by atoms with van der Waals surface area (Å²) in [5.74, 6) is 0.632. The van der Waals surface area contributed by atoms with Crippen LogP contribution < -0.4 is 10.6 Å². The molecule has 0 aliphatic rings. The Bertz CT molecular complexity index is 863. The molecule has 2 heterocycles. The van der Waals surface area contributed by atoms with Crippen LogP contribution in [0.4, 0.5) is 11.5 Å². The molecule has 0 radical (unpaired) electrons. The van der Waals surface area contributed by atoms with Crippen LogP contribution in [0.1, 0.15) is 41.5 Å². The Balaban J connectivity index is 1.64. The number of benzene rings is 1. The van der Waals surface area contributed by atoms with Crippen molar-refractivity contribution in [3.8, 4) is 0 Å². The Morgan fingerprint density at radius 3 is 2.50 bits per heavy atom. The molecule has 0 fully saturated rings. The van der Waals surface area contributed by atoms with Gasteiger partial charge in [-0.1, -0.05) is 38.1 Å². The molecule has 0 saturated heterocycles. The number of rotatable bonds is 6. The average Bonchev–Trinajstić information content (AvgIpc) is 2.68. The Morgan fingerprint density at radius 2 is 1.81 bits per heavy atom. The molecule has 6 heteroatoms. The standard InChI is InChI=1S/C20H21N5O/c1-14(2)16-8-3-4-9-17(16)25-20(26)18-12-24-19(13-22-18)23-11-15-7-5-6-10-21-15/h3-10,12-14H,11H2,1-2H3,(H,23,24)(H,25,26). The van der Waals surface area contributed by atoms with Gasteiger partial charge in [-0.2, -0.15) is 0 Å². The molecule has 0 unspecified atom stereocenters. The molecule has 26 heavy (non-hydrogen) atoms. The highest BCUT2D eigenvalue weighted by molar-refractivity contribution is 6.03. The van der Waals surface area contributed by atoms with Crippen molar-refractivity contribution in [2.24, 2.45) is 0 Å². The van der Waals surface area contributed by atoms with Crippen LogP contribution in [0.5, 0.6) is 0 Å². The summed E-state index contributed by atoms with van der Waals surface area (Å²) in [6, 6.07) is 13.5. The molecule has 0 bridgehead atoms. The summed E-state index contributed by atoms with van der Waals surface area (Å²) in [4.78, 5) is 25.1. The normalized spacial score (nSPS) is 10.6. The van der Waals surface area contributed by atoms with Gasteiger partial charge in [0.25, 0.3) is 5.91 Å². The zero-order valence-electron chi connectivity index (χ0n) is 14.8. The molecule has 2 N–H and O–H groups in total. The van der Waals surface area contributed by atoms with Crippen LogP contribution in [-0.4, -0.2) is 20.9 Å². The van der Waals surface area contributed by atoms with E-state index in [1.165, 1.54) is 6.20 Å². The molecule has 1 amide bonds. The molecule has 6 nitrogen and oxygen atoms in total. The zero-order valence-corrected chi connectivity index (χ0v) is 14.8. The van der Waals surface area contributed by atoms with E-state index in [9.17, 15) is 4.79 Å². The van der Waals surface area contributed by atoms with Gasteiger partial charge in [-0.25, -0.2) is 9.97 Å². The Labute approximate surface area is 152 Å². The zero-order chi connectivity index (χ0) is 18.4. The van der Waals surface area contributed by atoms with Gasteiger partial charge in [0.05, 0.1) is 24.6 Å². The molecule has 0 aliphatic heterocycles. The summed E-state index contributed by atoms with van der Waals surface area (Å²) in [7, 11) is 0. The van der Waals surface area contributed by atoms with Crippen LogP contribution in [0.25, 0.3) is 0 Å². The fraction of sp³-hybridized carbons (Fsp3) is 0.200. The third-order valence-corrected chi connectivity index (χ3v) is 3.89. The van der Waals surface area contributed by atoms with Gasteiger partial charge in [0, 0.05) is 11.9 Å². The van der Waals surface area contributed by atoms with E-state index in [1.807, 2.05) is 42.5 Å². The van der Waals surface area contributed by atoms with Crippen LogP contribution in [-0.2, 0) is 6.54 Å². The minimum Gasteiger partial charge on any atom is -0.363 e. The van der Waals surface area contributed by atoms with E-state index >= 15 is 0 Å². The highest BCUT2D eigenvalue weighted by atomic mass is 16.1. The molecule has 132 valence electrons. The number of amides is 1. The van der Waals surface area contributed by atoms with Gasteiger partial charge in [0.15, 0.2) is 0 Å². The van der Waals surface area contributed by atoms with Crippen molar-refractivity contribution in [1.29, 1.82) is 0 Å². The minimum atomic E-state index is -0.276. The minimum absolute atomic E-state index is 0.270. The first-order chi connectivity index (χ1) is 12.6. The second kappa shape index (κ2) is 8.20. The Morgan fingerprint density at radius 1 is 1.00 bits per heavy atom. The molecule has 0 saturated carbocycles. The van der Waals surface area contributed by atoms with Crippen LogP contribution in [0, 0.1) is 0 Å². The largest absolute Gasteiger partial charge is 0.363 e. The van der Waals surface area contributed by atoms with Crippen LogP contribution in [0.15, 0.2) is 61.1 Å². The monoisotopic (exact) mass is 347 g/mol. The molecular weight excluding hydrogens is 326 g/mol. The first-order valence-corrected chi connectivity index (χ1v) is 8.49. The van der Waals surface area contributed by atoms with Gasteiger partial charge in [0.1, 0.15) is 11.5 Å². The van der Waals surface area contributed by atoms with Crippen LogP contribution in [0.3, 0.4) is 0 Å². The van der Waals surface area contributed by atoms with E-state index in [0.29, 0.717) is 18.3 Å². The Hall–Kier alpha value is -3.28. The molecule has 1 aromatic carbocycles. The summed E-state index contributed by atoms with van der Waals surface area (Å²) in [6.45, 7) is 4.72. The lowest BCUT2D eigenvalue weighted by atomic mass is 10.0. The number of carbonyl (C=O) groups is 1. The van der Waals surface area contributed by atoms with Gasteiger partial charge in [-0.05, 0) is 29.7 Å². The smallest absolute Gasteiger partial charge is 0.275 e. The molecule has 0 spiro atoms. The van der Waals surface area contributed by atoms with Crippen LogP contribution >= 0.6 is 0 Å². The van der Waals surface area contributed by atoms with Crippen molar-refractivity contribution in [3.63, 3.8) is 0 Å². The van der Waals surface area contributed by atoms with E-state index in [-0.39, 0.29) is 11.6 Å². The predicted molar refractivity (Wildman–Crippen MR) is 102 cm³/mol. The summed E-state index contributed by atoms with van der Waals surface area (Å²) in [5, 5.41) is 6.05. The van der Waals surface area contributed by atoms with Gasteiger partial charge in [0.2, 0.25) is 0 Å². The lowest BCUT2D eigenvalue weighted by molar-refractivity contribution is 0.102. The van der Waals surface area contributed by atoms with Crippen LogP contribution in [0.2, 0.25) is 0 Å². The SMILES string of the molecule is CC(C)c1ccccc1NC(=O)c1cnc(NCc2ccccn2)cn1. The van der Waals surface area contributed by atoms with Crippen molar-refractivity contribution in [2.45, 2.75) is 26.3 Å². The van der Waals surface area contributed by atoms with Gasteiger partial charge in [-0.15, -0.1) is 0 Å². The first-order valence-electron chi connectivity index (χ1n) is 8.49. The molecular formula is C20H21N5O. The lowest BCUT2D eigenvalue weighted by Crippen LogP contribution is -2.16. The fourth-order valence-corrected chi connectivity index (χ4v) is 2.52. The number of aromatic nitrogens is 3. The maximum absolute atomic E-state index is 12.4. The predicted octanol–water partition coefficient (Wildman–Crippen LogP) is 3.86. The molecule has 0 aliphatic carbocycles. The number of anilines is 2. The fourth-order valence-electron chi connectivity index (χ4n) is 2.52.